The van der Waals surface area contributed by atoms with E-state index in [9.17, 15) is 22.9 Å². The van der Waals surface area contributed by atoms with Gasteiger partial charge in [-0.15, -0.1) is 11.6 Å². The molecule has 0 fully saturated rings. The van der Waals surface area contributed by atoms with Crippen molar-refractivity contribution in [3.8, 4) is 0 Å². The summed E-state index contributed by atoms with van der Waals surface area (Å²) in [6.45, 7) is 0. The van der Waals surface area contributed by atoms with Crippen LogP contribution in [0.15, 0.2) is 18.2 Å². The van der Waals surface area contributed by atoms with Gasteiger partial charge in [0.15, 0.2) is 0 Å². The molecule has 0 bridgehead atoms. The Labute approximate surface area is 108 Å². The minimum atomic E-state index is -3.62. The predicted molar refractivity (Wildman–Crippen MR) is 65.8 cm³/mol. The highest BCUT2D eigenvalue weighted by Crippen LogP contribution is 2.21. The zero-order valence-corrected chi connectivity index (χ0v) is 10.7. The van der Waals surface area contributed by atoms with Gasteiger partial charge in [-0.2, -0.15) is 4.39 Å². The van der Waals surface area contributed by atoms with Crippen LogP contribution in [0, 0.1) is 15.9 Å². The Balaban J connectivity index is 2.87. The monoisotopic (exact) mass is 296 g/mol. The lowest BCUT2D eigenvalue weighted by Gasteiger charge is -2.07. The van der Waals surface area contributed by atoms with Crippen LogP contribution in [0.3, 0.4) is 0 Å². The number of nitro benzene ring substituents is 1. The van der Waals surface area contributed by atoms with Crippen molar-refractivity contribution in [3.63, 3.8) is 0 Å². The molecule has 1 rings (SSSR count). The van der Waals surface area contributed by atoms with Gasteiger partial charge >= 0.3 is 5.69 Å². The van der Waals surface area contributed by atoms with Gasteiger partial charge in [0.05, 0.1) is 16.4 Å². The van der Waals surface area contributed by atoms with E-state index in [1.165, 1.54) is 0 Å². The first kappa shape index (κ1) is 14.7. The van der Waals surface area contributed by atoms with Crippen LogP contribution in [0.1, 0.15) is 6.42 Å². The maximum Gasteiger partial charge on any atom is 0.304 e. The lowest BCUT2D eigenvalue weighted by molar-refractivity contribution is -0.387. The van der Waals surface area contributed by atoms with E-state index in [4.69, 9.17) is 11.6 Å². The SMILES string of the molecule is O=[N+]([O-])c1ccc(NS(=O)(=O)CCCCl)cc1F. The number of nitrogens with one attached hydrogen (secondary N) is 1. The van der Waals surface area contributed by atoms with Gasteiger partial charge in [0.2, 0.25) is 15.8 Å². The van der Waals surface area contributed by atoms with Crippen molar-refractivity contribution in [2.45, 2.75) is 6.42 Å². The van der Waals surface area contributed by atoms with Gasteiger partial charge in [-0.3, -0.25) is 14.8 Å². The van der Waals surface area contributed by atoms with Crippen LogP contribution < -0.4 is 4.72 Å². The molecule has 0 saturated heterocycles. The molecule has 1 aromatic rings. The van der Waals surface area contributed by atoms with Crippen LogP contribution in [0.2, 0.25) is 0 Å². The van der Waals surface area contributed by atoms with E-state index in [1.54, 1.807) is 0 Å². The number of nitro groups is 1. The molecule has 9 heteroatoms. The van der Waals surface area contributed by atoms with E-state index in [2.05, 4.69) is 4.72 Å². The normalized spacial score (nSPS) is 11.2. The van der Waals surface area contributed by atoms with Gasteiger partial charge in [-0.1, -0.05) is 0 Å². The highest BCUT2D eigenvalue weighted by molar-refractivity contribution is 7.92. The van der Waals surface area contributed by atoms with Gasteiger partial charge in [0.1, 0.15) is 0 Å². The third-order valence-electron chi connectivity index (χ3n) is 1.96. The molecular formula is C9H10ClFN2O4S. The highest BCUT2D eigenvalue weighted by atomic mass is 35.5. The molecule has 0 radical (unpaired) electrons. The smallest absolute Gasteiger partial charge is 0.283 e. The van der Waals surface area contributed by atoms with Crippen molar-refractivity contribution in [1.29, 1.82) is 0 Å². The van der Waals surface area contributed by atoms with Crippen molar-refractivity contribution in [2.75, 3.05) is 16.4 Å². The van der Waals surface area contributed by atoms with E-state index in [0.29, 0.717) is 0 Å². The van der Waals surface area contributed by atoms with E-state index in [1.807, 2.05) is 0 Å². The van der Waals surface area contributed by atoms with E-state index in [0.717, 1.165) is 18.2 Å². The fourth-order valence-corrected chi connectivity index (χ4v) is 2.60. The third-order valence-corrected chi connectivity index (χ3v) is 3.60. The minimum Gasteiger partial charge on any atom is -0.283 e. The molecule has 0 atom stereocenters. The zero-order valence-electron chi connectivity index (χ0n) is 9.10. The summed E-state index contributed by atoms with van der Waals surface area (Å²) in [7, 11) is -3.62. The highest BCUT2D eigenvalue weighted by Gasteiger charge is 2.16. The summed E-state index contributed by atoms with van der Waals surface area (Å²) < 4.78 is 38.3. The van der Waals surface area contributed by atoms with Gasteiger partial charge in [0, 0.05) is 18.0 Å². The summed E-state index contributed by atoms with van der Waals surface area (Å²) in [6, 6.07) is 2.78. The predicted octanol–water partition coefficient (Wildman–Crippen LogP) is 2.10. The van der Waals surface area contributed by atoms with Crippen molar-refractivity contribution < 1.29 is 17.7 Å². The van der Waals surface area contributed by atoms with E-state index in [-0.39, 0.29) is 23.7 Å². The second-order valence-corrected chi connectivity index (χ2v) is 5.61. The number of rotatable bonds is 6. The van der Waals surface area contributed by atoms with Gasteiger partial charge in [-0.05, 0) is 12.5 Å². The maximum atomic E-state index is 13.2. The zero-order chi connectivity index (χ0) is 13.8. The van der Waals surface area contributed by atoms with Crippen molar-refractivity contribution >= 4 is 33.0 Å². The van der Waals surface area contributed by atoms with Crippen LogP contribution in [-0.2, 0) is 10.0 Å². The molecule has 1 N–H and O–H groups in total. The number of hydrogen-bond donors (Lipinski definition) is 1. The first-order valence-corrected chi connectivity index (χ1v) is 7.05. The molecule has 0 aliphatic heterocycles. The summed E-state index contributed by atoms with van der Waals surface area (Å²) in [5.41, 5.74) is -0.772. The Morgan fingerprint density at radius 3 is 2.61 bits per heavy atom. The lowest BCUT2D eigenvalue weighted by atomic mass is 10.3. The molecule has 0 aliphatic rings. The van der Waals surface area contributed by atoms with Crippen molar-refractivity contribution in [1.82, 2.24) is 0 Å². The fraction of sp³-hybridized carbons (Fsp3) is 0.333. The Morgan fingerprint density at radius 2 is 2.11 bits per heavy atom. The first-order chi connectivity index (χ1) is 8.35. The summed E-state index contributed by atoms with van der Waals surface area (Å²) >= 11 is 5.36. The van der Waals surface area contributed by atoms with Crippen molar-refractivity contribution in [2.24, 2.45) is 0 Å². The topological polar surface area (TPSA) is 89.3 Å². The lowest BCUT2D eigenvalue weighted by Crippen LogP contribution is -2.17. The summed E-state index contributed by atoms with van der Waals surface area (Å²) in [5, 5.41) is 10.4. The third kappa shape index (κ3) is 4.11. The number of sulfonamides is 1. The quantitative estimate of drug-likeness (QED) is 0.494. The molecule has 0 heterocycles. The number of benzene rings is 1. The molecule has 6 nitrogen and oxygen atoms in total. The molecular weight excluding hydrogens is 287 g/mol. The Hall–Kier alpha value is -1.41. The average molecular weight is 297 g/mol. The van der Waals surface area contributed by atoms with Gasteiger partial charge in [0.25, 0.3) is 0 Å². The second-order valence-electron chi connectivity index (χ2n) is 3.39. The molecule has 100 valence electrons. The summed E-state index contributed by atoms with van der Waals surface area (Å²) in [4.78, 5) is 9.48. The second kappa shape index (κ2) is 5.96. The molecule has 0 saturated carbocycles. The number of nitrogens with zero attached hydrogens (tertiary/aromatic N) is 1. The molecule has 0 aliphatic carbocycles. The van der Waals surface area contributed by atoms with Gasteiger partial charge < -0.3 is 0 Å². The van der Waals surface area contributed by atoms with Crippen LogP contribution in [0.25, 0.3) is 0 Å². The molecule has 0 spiro atoms. The first-order valence-electron chi connectivity index (χ1n) is 4.86. The van der Waals surface area contributed by atoms with Crippen LogP contribution in [0.4, 0.5) is 15.8 Å². The van der Waals surface area contributed by atoms with Crippen LogP contribution >= 0.6 is 11.6 Å². The largest absolute Gasteiger partial charge is 0.304 e. The standard InChI is InChI=1S/C9H10ClFN2O4S/c10-4-1-5-18(16,17)12-7-2-3-9(13(14)15)8(11)6-7/h2-3,6,12H,1,4-5H2. The average Bonchev–Trinajstić information content (AvgIpc) is 2.25. The molecule has 1 aromatic carbocycles. The van der Waals surface area contributed by atoms with Crippen molar-refractivity contribution in [3.05, 3.63) is 34.1 Å². The number of halogens is 2. The molecule has 0 amide bonds. The van der Waals surface area contributed by atoms with Crippen LogP contribution in [0.5, 0.6) is 0 Å². The van der Waals surface area contributed by atoms with Crippen LogP contribution in [-0.4, -0.2) is 25.0 Å². The Morgan fingerprint density at radius 1 is 1.44 bits per heavy atom. The molecule has 0 aromatic heterocycles. The summed E-state index contributed by atoms with van der Waals surface area (Å²) in [5.74, 6) is -1.11. The van der Waals surface area contributed by atoms with E-state index >= 15 is 0 Å². The number of anilines is 1. The number of alkyl halides is 1. The number of hydrogen-bond acceptors (Lipinski definition) is 4. The minimum absolute atomic E-state index is 0.0623. The Bertz CT molecular complexity index is 549. The fourth-order valence-electron chi connectivity index (χ4n) is 1.19. The van der Waals surface area contributed by atoms with Gasteiger partial charge in [-0.25, -0.2) is 8.42 Å². The Kier molecular flexibility index (Phi) is 4.85. The molecule has 0 unspecified atom stereocenters. The summed E-state index contributed by atoms with van der Waals surface area (Å²) in [6.07, 6.45) is 0.256. The van der Waals surface area contributed by atoms with E-state index < -0.39 is 26.5 Å². The molecule has 18 heavy (non-hydrogen) atoms. The maximum absolute atomic E-state index is 13.2.